The van der Waals surface area contributed by atoms with E-state index >= 15 is 0 Å². The van der Waals surface area contributed by atoms with Crippen LogP contribution in [0.5, 0.6) is 11.5 Å². The number of nitrogens with zero attached hydrogens (tertiary/aromatic N) is 2. The molecule has 0 spiro atoms. The van der Waals surface area contributed by atoms with Gasteiger partial charge < -0.3 is 9.84 Å². The molecule has 2 aromatic carbocycles. The van der Waals surface area contributed by atoms with Crippen molar-refractivity contribution in [3.8, 4) is 17.6 Å². The minimum absolute atomic E-state index is 0.147. The first-order chi connectivity index (χ1) is 12.7. The molecule has 26 heavy (non-hydrogen) atoms. The zero-order valence-electron chi connectivity index (χ0n) is 13.9. The first-order valence-corrected chi connectivity index (χ1v) is 9.06. The first-order valence-electron chi connectivity index (χ1n) is 8.07. The monoisotopic (exact) mass is 364 g/mol. The smallest absolute Gasteiger partial charge is 0.303 e. The number of hydrogen-bond acceptors (Lipinski definition) is 5. The van der Waals surface area contributed by atoms with Crippen LogP contribution in [-0.4, -0.2) is 21.8 Å². The lowest BCUT2D eigenvalue weighted by Gasteiger charge is -2.12. The van der Waals surface area contributed by atoms with Crippen molar-refractivity contribution in [1.29, 1.82) is 5.26 Å². The first kappa shape index (κ1) is 17.8. The maximum Gasteiger partial charge on any atom is 0.303 e. The third kappa shape index (κ3) is 4.13. The Morgan fingerprint density at radius 2 is 1.96 bits per heavy atom. The van der Waals surface area contributed by atoms with Crippen molar-refractivity contribution in [3.63, 3.8) is 0 Å². The molecule has 0 saturated carbocycles. The van der Waals surface area contributed by atoms with E-state index in [-0.39, 0.29) is 6.42 Å². The second kappa shape index (κ2) is 8.37. The van der Waals surface area contributed by atoms with Crippen LogP contribution in [0.3, 0.4) is 0 Å². The quantitative estimate of drug-likeness (QED) is 0.476. The van der Waals surface area contributed by atoms with Crippen LogP contribution in [-0.2, 0) is 4.79 Å². The summed E-state index contributed by atoms with van der Waals surface area (Å²) in [4.78, 5) is 15.7. The van der Waals surface area contributed by atoms with Gasteiger partial charge in [-0.3, -0.25) is 9.78 Å². The molecule has 0 saturated heterocycles. The molecule has 130 valence electrons. The van der Waals surface area contributed by atoms with Crippen LogP contribution in [0.4, 0.5) is 0 Å². The Morgan fingerprint density at radius 3 is 2.73 bits per heavy atom. The van der Waals surface area contributed by atoms with E-state index in [4.69, 9.17) is 9.84 Å². The molecule has 0 fully saturated rings. The summed E-state index contributed by atoms with van der Waals surface area (Å²) < 4.78 is 6.09. The van der Waals surface area contributed by atoms with Crippen LogP contribution < -0.4 is 4.74 Å². The number of ether oxygens (including phenoxy) is 1. The van der Waals surface area contributed by atoms with Crippen LogP contribution >= 0.6 is 11.8 Å². The highest BCUT2D eigenvalue weighted by atomic mass is 32.2. The Labute approximate surface area is 155 Å². The molecule has 3 aromatic rings. The van der Waals surface area contributed by atoms with Crippen molar-refractivity contribution >= 4 is 28.5 Å². The number of aliphatic carboxylic acids is 1. The van der Waals surface area contributed by atoms with E-state index in [2.05, 4.69) is 11.1 Å². The second-order valence-corrected chi connectivity index (χ2v) is 6.68. The molecule has 0 aliphatic carbocycles. The van der Waals surface area contributed by atoms with Gasteiger partial charge >= 0.3 is 5.97 Å². The molecular weight excluding hydrogens is 348 g/mol. The Morgan fingerprint density at radius 1 is 1.15 bits per heavy atom. The largest absolute Gasteiger partial charge is 0.481 e. The number of thioether (sulfide) groups is 1. The fraction of sp³-hybridized carbons (Fsp3) is 0.150. The van der Waals surface area contributed by atoms with Gasteiger partial charge in [0.15, 0.2) is 5.75 Å². The Balaban J connectivity index is 1.85. The molecule has 0 radical (unpaired) electrons. The normalized spacial score (nSPS) is 10.4. The topological polar surface area (TPSA) is 83.2 Å². The number of aromatic nitrogens is 1. The number of pyridine rings is 1. The zero-order valence-corrected chi connectivity index (χ0v) is 14.7. The molecule has 1 heterocycles. The average molecular weight is 364 g/mol. The van der Waals surface area contributed by atoms with E-state index in [0.29, 0.717) is 29.2 Å². The predicted octanol–water partition coefficient (Wildman–Crippen LogP) is 4.86. The van der Waals surface area contributed by atoms with Crippen molar-refractivity contribution in [2.24, 2.45) is 0 Å². The Kier molecular flexibility index (Phi) is 5.72. The molecule has 6 heteroatoms. The fourth-order valence-corrected chi connectivity index (χ4v) is 3.45. The summed E-state index contributed by atoms with van der Waals surface area (Å²) in [6, 6.07) is 15.2. The highest BCUT2D eigenvalue weighted by molar-refractivity contribution is 7.99. The summed E-state index contributed by atoms with van der Waals surface area (Å²) in [7, 11) is 0. The van der Waals surface area contributed by atoms with Crippen LogP contribution in [0.25, 0.3) is 10.8 Å². The van der Waals surface area contributed by atoms with Gasteiger partial charge in [-0.2, -0.15) is 5.26 Å². The summed E-state index contributed by atoms with van der Waals surface area (Å²) in [6.07, 6.45) is 4.06. The van der Waals surface area contributed by atoms with Gasteiger partial charge in [-0.15, -0.1) is 11.8 Å². The highest BCUT2D eigenvalue weighted by Gasteiger charge is 2.11. The Hall–Kier alpha value is -3.04. The van der Waals surface area contributed by atoms with Gasteiger partial charge in [0.1, 0.15) is 5.75 Å². The number of hydrogen-bond donors (Lipinski definition) is 1. The molecule has 1 N–H and O–H groups in total. The van der Waals surface area contributed by atoms with Crippen LogP contribution in [0.15, 0.2) is 59.8 Å². The molecule has 5 nitrogen and oxygen atoms in total. The molecule has 0 unspecified atom stereocenters. The Bertz CT molecular complexity index is 982. The summed E-state index contributed by atoms with van der Waals surface area (Å²) in [6.45, 7) is 0. The van der Waals surface area contributed by atoms with E-state index < -0.39 is 5.97 Å². The molecule has 3 rings (SSSR count). The lowest BCUT2D eigenvalue weighted by atomic mass is 10.0. The number of benzene rings is 2. The second-order valence-electron chi connectivity index (χ2n) is 5.54. The van der Waals surface area contributed by atoms with Gasteiger partial charge in [-0.05, 0) is 30.4 Å². The molecule has 0 bridgehead atoms. The number of nitriles is 1. The molecule has 0 aliphatic heterocycles. The van der Waals surface area contributed by atoms with Crippen LogP contribution in [0, 0.1) is 11.3 Å². The van der Waals surface area contributed by atoms with Crippen LogP contribution in [0.1, 0.15) is 18.4 Å². The number of carboxylic acids is 1. The van der Waals surface area contributed by atoms with Gasteiger partial charge in [0.25, 0.3) is 0 Å². The van der Waals surface area contributed by atoms with E-state index in [0.717, 1.165) is 15.7 Å². The van der Waals surface area contributed by atoms with Gasteiger partial charge in [-0.25, -0.2) is 0 Å². The standard InChI is InChI=1S/C20H16N2O3S/c21-12-14-7-8-17(16-5-2-1-4-15(14)16)25-18-13-22-10-9-19(18)26-11-3-6-20(23)24/h1-2,4-5,7-10,13H,3,6,11H2,(H,23,24). The SMILES string of the molecule is N#Cc1ccc(Oc2cnccc2SCCCC(=O)O)c2ccccc12. The van der Waals surface area contributed by atoms with Crippen LogP contribution in [0.2, 0.25) is 0 Å². The lowest BCUT2D eigenvalue weighted by Crippen LogP contribution is -1.95. The maximum atomic E-state index is 10.6. The van der Waals surface area contributed by atoms with Gasteiger partial charge in [0.2, 0.25) is 0 Å². The average Bonchev–Trinajstić information content (AvgIpc) is 2.66. The van der Waals surface area contributed by atoms with Crippen molar-refractivity contribution in [2.75, 3.05) is 5.75 Å². The molecule has 0 aliphatic rings. The summed E-state index contributed by atoms with van der Waals surface area (Å²) in [5.41, 5.74) is 0.599. The third-order valence-corrected chi connectivity index (χ3v) is 4.90. The van der Waals surface area contributed by atoms with Crippen molar-refractivity contribution in [3.05, 3.63) is 60.4 Å². The van der Waals surface area contributed by atoms with Gasteiger partial charge in [0.05, 0.1) is 22.7 Å². The zero-order chi connectivity index (χ0) is 18.4. The summed E-state index contributed by atoms with van der Waals surface area (Å²) >= 11 is 1.54. The molecule has 0 amide bonds. The van der Waals surface area contributed by atoms with Gasteiger partial charge in [-0.1, -0.05) is 24.3 Å². The number of carboxylic acid groups (broad SMARTS) is 1. The minimum Gasteiger partial charge on any atom is -0.481 e. The van der Waals surface area contributed by atoms with E-state index in [9.17, 15) is 10.1 Å². The minimum atomic E-state index is -0.791. The number of fused-ring (bicyclic) bond motifs is 1. The lowest BCUT2D eigenvalue weighted by molar-refractivity contribution is -0.137. The third-order valence-electron chi connectivity index (χ3n) is 3.76. The van der Waals surface area contributed by atoms with Crippen molar-refractivity contribution < 1.29 is 14.6 Å². The summed E-state index contributed by atoms with van der Waals surface area (Å²) in [5, 5.41) is 19.7. The maximum absolute atomic E-state index is 10.6. The van der Waals surface area contributed by atoms with E-state index in [1.165, 1.54) is 0 Å². The fourth-order valence-electron chi connectivity index (χ4n) is 2.55. The molecule has 1 aromatic heterocycles. The molecular formula is C20H16N2O3S. The molecule has 0 atom stereocenters. The summed E-state index contributed by atoms with van der Waals surface area (Å²) in [5.74, 6) is 1.16. The number of rotatable bonds is 7. The predicted molar refractivity (Wildman–Crippen MR) is 101 cm³/mol. The highest BCUT2D eigenvalue weighted by Crippen LogP contribution is 2.36. The van der Waals surface area contributed by atoms with Crippen molar-refractivity contribution in [2.45, 2.75) is 17.7 Å². The van der Waals surface area contributed by atoms with Gasteiger partial charge in [0, 0.05) is 23.4 Å². The van der Waals surface area contributed by atoms with Crippen molar-refractivity contribution in [1.82, 2.24) is 4.98 Å². The number of carbonyl (C=O) groups is 1. The van der Waals surface area contributed by atoms with E-state index in [1.54, 1.807) is 36.3 Å². The van der Waals surface area contributed by atoms with E-state index in [1.807, 2.05) is 30.3 Å².